The summed E-state index contributed by atoms with van der Waals surface area (Å²) in [7, 11) is -5.17. The van der Waals surface area contributed by atoms with E-state index in [0.717, 1.165) is 0 Å². The van der Waals surface area contributed by atoms with Crippen LogP contribution in [0.3, 0.4) is 0 Å². The van der Waals surface area contributed by atoms with Crippen LogP contribution in [0.25, 0.3) is 0 Å². The van der Waals surface area contributed by atoms with Gasteiger partial charge in [0.15, 0.2) is 0 Å². The van der Waals surface area contributed by atoms with Crippen LogP contribution >= 0.6 is 0 Å². The Hall–Kier alpha value is -1.63. The topological polar surface area (TPSA) is 243 Å². The van der Waals surface area contributed by atoms with Gasteiger partial charge in [-0.3, -0.25) is 13.4 Å². The van der Waals surface area contributed by atoms with E-state index in [-0.39, 0.29) is 24.0 Å². The van der Waals surface area contributed by atoms with Crippen molar-refractivity contribution in [1.82, 2.24) is 23.4 Å². The number of carbonyl (C=O) groups is 1. The number of carbonyl (C=O) groups excluding carboxylic acids is 1. The van der Waals surface area contributed by atoms with Crippen LogP contribution in [0.15, 0.2) is 24.5 Å². The average Bonchev–Trinajstić information content (AvgIpc) is 2.03. The molecule has 102 valence electrons. The minimum atomic E-state index is -5.17. The molecule has 17 heavy (non-hydrogen) atoms. The molecule has 0 aromatic carbocycles. The van der Waals surface area contributed by atoms with Gasteiger partial charge in [-0.1, -0.05) is 6.07 Å². The molecule has 1 aromatic rings. The Morgan fingerprint density at radius 3 is 1.76 bits per heavy atom. The van der Waals surface area contributed by atoms with E-state index >= 15 is 0 Å². The highest BCUT2D eigenvalue weighted by Gasteiger charge is 1.87. The number of rotatable bonds is 1. The average molecular weight is 272 g/mol. The monoisotopic (exact) mass is 272 g/mol. The predicted molar refractivity (Wildman–Crippen MR) is 57.0 cm³/mol. The van der Waals surface area contributed by atoms with Gasteiger partial charge in [0.2, 0.25) is 0 Å². The van der Waals surface area contributed by atoms with Crippen molar-refractivity contribution in [2.75, 3.05) is 0 Å². The highest BCUT2D eigenvalue weighted by Crippen LogP contribution is 1.90. The Morgan fingerprint density at radius 1 is 1.18 bits per heavy atom. The molecule has 0 radical (unpaired) electrons. The Labute approximate surface area is 98.0 Å². The summed E-state index contributed by atoms with van der Waals surface area (Å²) in [4.78, 5) is 13.6. The molecule has 0 unspecified atom stereocenters. The van der Waals surface area contributed by atoms with Crippen molar-refractivity contribution >= 4 is 16.4 Å². The van der Waals surface area contributed by atoms with E-state index < -0.39 is 16.4 Å². The van der Waals surface area contributed by atoms with Crippen LogP contribution < -0.4 is 23.6 Å². The molecule has 10 nitrogen and oxygen atoms in total. The molecule has 0 amide bonds. The molecule has 0 fully saturated rings. The molecule has 0 bridgehead atoms. The van der Waals surface area contributed by atoms with Crippen molar-refractivity contribution in [1.29, 1.82) is 0 Å². The number of carboxylic acids is 1. The van der Waals surface area contributed by atoms with Crippen LogP contribution in [0.1, 0.15) is 10.4 Å². The summed E-state index contributed by atoms with van der Waals surface area (Å²) < 4.78 is 34.1. The molecule has 11 heteroatoms. The quantitative estimate of drug-likeness (QED) is 0.434. The van der Waals surface area contributed by atoms with Crippen molar-refractivity contribution in [3.63, 3.8) is 0 Å². The lowest BCUT2D eigenvalue weighted by molar-refractivity contribution is -0.255. The summed E-state index contributed by atoms with van der Waals surface area (Å²) >= 11 is 0. The zero-order chi connectivity index (χ0) is 11.2. The van der Waals surface area contributed by atoms with Gasteiger partial charge in [0.25, 0.3) is 0 Å². The fraction of sp³-hybridized carbons (Fsp3) is 0. The number of hydrogen-bond acceptors (Lipinski definition) is 7. The molecule has 12 N–H and O–H groups in total. The molecule has 0 aliphatic carbocycles. The van der Waals surface area contributed by atoms with Gasteiger partial charge in [-0.2, -0.15) is 0 Å². The lowest BCUT2D eigenvalue weighted by atomic mass is 10.3. The number of pyridine rings is 1. The number of hydrogen-bond donors (Lipinski definition) is 3. The van der Waals surface area contributed by atoms with Crippen LogP contribution in [-0.4, -0.2) is 28.5 Å². The third kappa shape index (κ3) is 20.4. The second kappa shape index (κ2) is 10.9. The molecule has 0 saturated carbocycles. The molecule has 0 spiro atoms. The fourth-order valence-electron chi connectivity index (χ4n) is 0.484. The van der Waals surface area contributed by atoms with E-state index in [0.29, 0.717) is 0 Å². The molecule has 0 aliphatic rings. The number of aromatic nitrogens is 1. The minimum Gasteiger partial charge on any atom is -0.759 e. The van der Waals surface area contributed by atoms with Crippen molar-refractivity contribution < 1.29 is 27.4 Å². The van der Waals surface area contributed by atoms with Crippen LogP contribution in [0.4, 0.5) is 0 Å². The fourth-order valence-corrected chi connectivity index (χ4v) is 0.484. The first-order valence-corrected chi connectivity index (χ1v) is 4.42. The van der Waals surface area contributed by atoms with Gasteiger partial charge in [-0.25, -0.2) is 0 Å². The number of quaternary nitrogens is 3. The van der Waals surface area contributed by atoms with Gasteiger partial charge in [0.1, 0.15) is 0 Å². The number of nitrogens with zero attached hydrogens (tertiary/aromatic N) is 1. The first kappa shape index (κ1) is 24.6. The second-order valence-corrected chi connectivity index (χ2v) is 2.75. The van der Waals surface area contributed by atoms with Gasteiger partial charge < -0.3 is 37.5 Å². The molecular formula is C6H16N4O6S. The third-order valence-corrected chi connectivity index (χ3v) is 0.897. The lowest BCUT2D eigenvalue weighted by Gasteiger charge is -2.06. The number of carboxylic acid groups (broad SMARTS) is 1. The number of aromatic carboxylic acids is 1. The van der Waals surface area contributed by atoms with E-state index in [1.807, 2.05) is 0 Å². The van der Waals surface area contributed by atoms with Gasteiger partial charge in [0, 0.05) is 28.4 Å². The van der Waals surface area contributed by atoms with Crippen LogP contribution in [-0.2, 0) is 10.4 Å². The highest BCUT2D eigenvalue weighted by atomic mass is 32.3. The van der Waals surface area contributed by atoms with Gasteiger partial charge in [0.05, 0.1) is 5.97 Å². The first-order chi connectivity index (χ1) is 6.30. The Bertz CT molecular complexity index is 386. The van der Waals surface area contributed by atoms with Crippen molar-refractivity contribution in [2.24, 2.45) is 0 Å². The van der Waals surface area contributed by atoms with E-state index in [9.17, 15) is 9.90 Å². The SMILES string of the molecule is O=C([O-])c1cccnc1.O=S(=O)([O-])[O-].[NH4+].[NH4+].[NH4+]. The van der Waals surface area contributed by atoms with Crippen LogP contribution in [0.2, 0.25) is 0 Å². The lowest BCUT2D eigenvalue weighted by Crippen LogP contribution is -2.22. The van der Waals surface area contributed by atoms with Crippen LogP contribution in [0, 0.1) is 0 Å². The van der Waals surface area contributed by atoms with Crippen LogP contribution in [0.5, 0.6) is 0 Å². The van der Waals surface area contributed by atoms with Crippen molar-refractivity contribution in [3.05, 3.63) is 30.1 Å². The maximum atomic E-state index is 10.0. The first-order valence-electron chi connectivity index (χ1n) is 3.09. The molecule has 0 aliphatic heterocycles. The van der Waals surface area contributed by atoms with Crippen molar-refractivity contribution in [3.8, 4) is 0 Å². The highest BCUT2D eigenvalue weighted by molar-refractivity contribution is 7.79. The molecule has 0 atom stereocenters. The largest absolute Gasteiger partial charge is 0.759 e. The minimum absolute atomic E-state index is 0. The second-order valence-electron chi connectivity index (χ2n) is 1.94. The maximum Gasteiger partial charge on any atom is 0.0730 e. The smallest absolute Gasteiger partial charge is 0.0730 e. The molecule has 1 heterocycles. The van der Waals surface area contributed by atoms with Crippen molar-refractivity contribution in [2.45, 2.75) is 0 Å². The Kier molecular flexibility index (Phi) is 15.7. The van der Waals surface area contributed by atoms with Gasteiger partial charge >= 0.3 is 0 Å². The molecule has 1 aromatic heterocycles. The van der Waals surface area contributed by atoms with E-state index in [1.54, 1.807) is 6.07 Å². The zero-order valence-electron chi connectivity index (χ0n) is 9.61. The van der Waals surface area contributed by atoms with E-state index in [2.05, 4.69) is 4.98 Å². The van der Waals surface area contributed by atoms with E-state index in [4.69, 9.17) is 17.5 Å². The van der Waals surface area contributed by atoms with E-state index in [1.165, 1.54) is 18.5 Å². The summed E-state index contributed by atoms with van der Waals surface area (Å²) in [5.41, 5.74) is 0.109. The zero-order valence-corrected chi connectivity index (χ0v) is 10.4. The normalized spacial score (nSPS) is 8.12. The summed E-state index contributed by atoms with van der Waals surface area (Å²) in [6.45, 7) is 0. The summed E-state index contributed by atoms with van der Waals surface area (Å²) in [6.07, 6.45) is 2.75. The maximum absolute atomic E-state index is 10.0. The summed E-state index contributed by atoms with van der Waals surface area (Å²) in [5.74, 6) is -1.19. The Morgan fingerprint density at radius 2 is 1.59 bits per heavy atom. The van der Waals surface area contributed by atoms with Gasteiger partial charge in [-0.05, 0) is 6.07 Å². The Balaban J connectivity index is -0.0000000948. The standard InChI is InChI=1S/C6H5NO2.3H3N.H2O4S/c8-6(9)5-2-1-3-7-4-5;;;;1-5(2,3)4/h1-4H,(H,8,9);3*1H3;(H2,1,2,3,4). The predicted octanol–water partition coefficient (Wildman–Crippen LogP) is -0.764. The van der Waals surface area contributed by atoms with Gasteiger partial charge in [-0.15, -0.1) is 0 Å². The molecule has 1 rings (SSSR count). The molecule has 0 saturated heterocycles. The third-order valence-electron chi connectivity index (χ3n) is 0.897. The summed E-state index contributed by atoms with van der Waals surface area (Å²) in [5, 5.41) is 10.0. The summed E-state index contributed by atoms with van der Waals surface area (Å²) in [6, 6.07) is 2.98. The molecular weight excluding hydrogens is 256 g/mol.